The van der Waals surface area contributed by atoms with Crippen molar-refractivity contribution in [2.24, 2.45) is 5.10 Å². The van der Waals surface area contributed by atoms with Crippen LogP contribution in [-0.4, -0.2) is 31.0 Å². The molecule has 0 unspecified atom stereocenters. The summed E-state index contributed by atoms with van der Waals surface area (Å²) in [5.74, 6) is 0.667. The topological polar surface area (TPSA) is 72.0 Å². The Kier molecular flexibility index (Phi) is 6.91. The Morgan fingerprint density at radius 3 is 2.64 bits per heavy atom. The zero-order chi connectivity index (χ0) is 18.1. The molecule has 0 amide bonds. The number of carbonyl (C=O) groups excluding carboxylic acids is 1. The molecule has 2 aromatic carbocycles. The van der Waals surface area contributed by atoms with Gasteiger partial charge in [-0.05, 0) is 61.1 Å². The van der Waals surface area contributed by atoms with Crippen LogP contribution in [-0.2, 0) is 0 Å². The van der Waals surface area contributed by atoms with Crippen LogP contribution in [0.5, 0.6) is 11.5 Å². The second kappa shape index (κ2) is 9.39. The maximum atomic E-state index is 12.2. The molecule has 0 aliphatic carbocycles. The van der Waals surface area contributed by atoms with Crippen molar-refractivity contribution in [3.8, 4) is 11.5 Å². The molecule has 2 rings (SSSR count). The van der Waals surface area contributed by atoms with Gasteiger partial charge in [0.1, 0.15) is 11.5 Å². The normalized spacial score (nSPS) is 10.3. The van der Waals surface area contributed by atoms with E-state index in [9.17, 15) is 4.79 Å². The van der Waals surface area contributed by atoms with Crippen LogP contribution in [0.2, 0.25) is 0 Å². The van der Waals surface area contributed by atoms with E-state index in [1.54, 1.807) is 55.8 Å². The number of nitrogens with zero attached hydrogens (tertiary/aromatic N) is 1. The Hall–Kier alpha value is -2.93. The lowest BCUT2D eigenvalue weighted by molar-refractivity contribution is 0.0735. The fourth-order valence-electron chi connectivity index (χ4n) is 1.92. The molecular weight excluding hydrogens is 338 g/mol. The maximum absolute atomic E-state index is 12.2. The van der Waals surface area contributed by atoms with Gasteiger partial charge in [0.05, 0.1) is 18.9 Å². The van der Waals surface area contributed by atoms with E-state index >= 15 is 0 Å². The first-order valence-electron chi connectivity index (χ1n) is 7.65. The van der Waals surface area contributed by atoms with E-state index in [1.165, 1.54) is 0 Å². The monoisotopic (exact) mass is 357 g/mol. The lowest BCUT2D eigenvalue weighted by atomic mass is 10.2. The first kappa shape index (κ1) is 18.4. The average molecular weight is 357 g/mol. The predicted molar refractivity (Wildman–Crippen MR) is 101 cm³/mol. The highest BCUT2D eigenvalue weighted by molar-refractivity contribution is 7.80. The van der Waals surface area contributed by atoms with E-state index in [0.29, 0.717) is 22.2 Å². The number of carbonyl (C=O) groups is 1. The van der Waals surface area contributed by atoms with Crippen LogP contribution < -0.4 is 20.2 Å². The van der Waals surface area contributed by atoms with E-state index in [4.69, 9.17) is 21.7 Å². The lowest BCUT2D eigenvalue weighted by Gasteiger charge is -2.06. The molecule has 25 heavy (non-hydrogen) atoms. The van der Waals surface area contributed by atoms with Crippen molar-refractivity contribution in [2.75, 3.05) is 13.7 Å². The van der Waals surface area contributed by atoms with Crippen molar-refractivity contribution in [2.45, 2.75) is 6.92 Å². The van der Waals surface area contributed by atoms with E-state index in [2.05, 4.69) is 15.8 Å². The number of hydrazone groups is 1. The fourth-order valence-corrected chi connectivity index (χ4v) is 2.11. The molecule has 130 valence electrons. The third-order valence-corrected chi connectivity index (χ3v) is 3.35. The summed E-state index contributed by atoms with van der Waals surface area (Å²) in [5, 5.41) is 7.39. The van der Waals surface area contributed by atoms with Crippen LogP contribution in [0, 0.1) is 0 Å². The van der Waals surface area contributed by atoms with Gasteiger partial charge in [0.2, 0.25) is 0 Å². The third kappa shape index (κ3) is 5.89. The molecule has 0 atom stereocenters. The number of hydrogen-bond acceptors (Lipinski definition) is 5. The van der Waals surface area contributed by atoms with Gasteiger partial charge in [-0.25, -0.2) is 4.79 Å². The second-order valence-corrected chi connectivity index (χ2v) is 5.33. The highest BCUT2D eigenvalue weighted by Crippen LogP contribution is 2.16. The number of hydrogen-bond donors (Lipinski definition) is 2. The van der Waals surface area contributed by atoms with Gasteiger partial charge in [0, 0.05) is 6.54 Å². The van der Waals surface area contributed by atoms with E-state index in [-0.39, 0.29) is 0 Å². The molecule has 0 aliphatic rings. The molecule has 0 saturated heterocycles. The van der Waals surface area contributed by atoms with Gasteiger partial charge in [0.15, 0.2) is 5.11 Å². The molecule has 0 radical (unpaired) electrons. The summed E-state index contributed by atoms with van der Waals surface area (Å²) >= 11 is 5.01. The molecule has 0 bridgehead atoms. The highest BCUT2D eigenvalue weighted by atomic mass is 32.1. The molecule has 6 nitrogen and oxygen atoms in total. The van der Waals surface area contributed by atoms with E-state index in [0.717, 1.165) is 12.1 Å². The summed E-state index contributed by atoms with van der Waals surface area (Å²) in [6.07, 6.45) is 1.59. The first-order chi connectivity index (χ1) is 12.1. The van der Waals surface area contributed by atoms with Gasteiger partial charge in [-0.2, -0.15) is 5.10 Å². The zero-order valence-corrected chi connectivity index (χ0v) is 14.8. The molecule has 0 aliphatic heterocycles. The number of thiocarbonyl (C=S) groups is 1. The van der Waals surface area contributed by atoms with E-state index in [1.807, 2.05) is 13.0 Å². The third-order valence-electron chi connectivity index (χ3n) is 3.11. The minimum Gasteiger partial charge on any atom is -0.497 e. The molecule has 0 saturated carbocycles. The van der Waals surface area contributed by atoms with Gasteiger partial charge >= 0.3 is 5.97 Å². The summed E-state index contributed by atoms with van der Waals surface area (Å²) in [5.41, 5.74) is 3.91. The van der Waals surface area contributed by atoms with Crippen molar-refractivity contribution in [1.82, 2.24) is 10.7 Å². The molecule has 0 spiro atoms. The largest absolute Gasteiger partial charge is 0.497 e. The maximum Gasteiger partial charge on any atom is 0.343 e. The molecule has 0 heterocycles. The predicted octanol–water partition coefficient (Wildman–Crippen LogP) is 2.73. The van der Waals surface area contributed by atoms with Gasteiger partial charge in [-0.3, -0.25) is 5.43 Å². The van der Waals surface area contributed by atoms with Crippen LogP contribution in [0.4, 0.5) is 0 Å². The fraction of sp³-hybridized carbons (Fsp3) is 0.167. The summed E-state index contributed by atoms with van der Waals surface area (Å²) in [6.45, 7) is 2.66. The zero-order valence-electron chi connectivity index (χ0n) is 14.0. The van der Waals surface area contributed by atoms with Crippen molar-refractivity contribution >= 4 is 29.5 Å². The van der Waals surface area contributed by atoms with Crippen molar-refractivity contribution in [3.05, 3.63) is 59.7 Å². The summed E-state index contributed by atoms with van der Waals surface area (Å²) in [4.78, 5) is 12.2. The number of rotatable bonds is 6. The number of ether oxygens (including phenoxy) is 2. The van der Waals surface area contributed by atoms with Crippen LogP contribution >= 0.6 is 12.2 Å². The van der Waals surface area contributed by atoms with Crippen LogP contribution in [0.25, 0.3) is 0 Å². The van der Waals surface area contributed by atoms with Gasteiger partial charge in [0.25, 0.3) is 0 Å². The van der Waals surface area contributed by atoms with Crippen molar-refractivity contribution in [1.29, 1.82) is 0 Å². The average Bonchev–Trinajstić information content (AvgIpc) is 2.62. The summed E-state index contributed by atoms with van der Waals surface area (Å²) in [6, 6.07) is 13.7. The number of nitrogens with one attached hydrogen (secondary N) is 2. The van der Waals surface area contributed by atoms with Crippen LogP contribution in [0.15, 0.2) is 53.6 Å². The smallest absolute Gasteiger partial charge is 0.343 e. The van der Waals surface area contributed by atoms with E-state index < -0.39 is 5.97 Å². The standard InChI is InChI=1S/C18H19N3O3S/c1-3-19-18(25)21-20-12-13-5-4-6-16(11-13)24-17(22)14-7-9-15(23-2)10-8-14/h4-12H,3H2,1-2H3,(H2,19,21,25)/b20-12+. The first-order valence-corrected chi connectivity index (χ1v) is 8.06. The summed E-state index contributed by atoms with van der Waals surface area (Å²) in [7, 11) is 1.57. The second-order valence-electron chi connectivity index (χ2n) is 4.92. The summed E-state index contributed by atoms with van der Waals surface area (Å²) < 4.78 is 10.4. The minimum absolute atomic E-state index is 0.430. The number of esters is 1. The Bertz CT molecular complexity index is 760. The van der Waals surface area contributed by atoms with Crippen molar-refractivity contribution in [3.63, 3.8) is 0 Å². The Morgan fingerprint density at radius 1 is 1.20 bits per heavy atom. The SMILES string of the molecule is CCNC(=S)N/N=C/c1cccc(OC(=O)c2ccc(OC)cc2)c1. The van der Waals surface area contributed by atoms with Crippen LogP contribution in [0.1, 0.15) is 22.8 Å². The highest BCUT2D eigenvalue weighted by Gasteiger charge is 2.08. The Labute approximate surface area is 151 Å². The Balaban J connectivity index is 1.99. The quantitative estimate of drug-likeness (QED) is 0.272. The number of methoxy groups -OCH3 is 1. The molecule has 2 N–H and O–H groups in total. The molecular formula is C18H19N3O3S. The molecule has 7 heteroatoms. The van der Waals surface area contributed by atoms with Gasteiger partial charge in [-0.1, -0.05) is 12.1 Å². The van der Waals surface area contributed by atoms with Crippen molar-refractivity contribution < 1.29 is 14.3 Å². The number of benzene rings is 2. The van der Waals surface area contributed by atoms with Gasteiger partial charge in [-0.15, -0.1) is 0 Å². The molecule has 0 fully saturated rings. The minimum atomic E-state index is -0.441. The molecule has 0 aromatic heterocycles. The Morgan fingerprint density at radius 2 is 1.96 bits per heavy atom. The molecule has 2 aromatic rings. The van der Waals surface area contributed by atoms with Crippen LogP contribution in [0.3, 0.4) is 0 Å². The lowest BCUT2D eigenvalue weighted by Crippen LogP contribution is -2.31. The van der Waals surface area contributed by atoms with Gasteiger partial charge < -0.3 is 14.8 Å².